The van der Waals surface area contributed by atoms with Crippen molar-refractivity contribution in [3.05, 3.63) is 29.6 Å². The molecule has 1 aliphatic rings. The Labute approximate surface area is 130 Å². The van der Waals surface area contributed by atoms with Crippen LogP contribution in [0.25, 0.3) is 5.32 Å². The van der Waals surface area contributed by atoms with E-state index in [-0.39, 0.29) is 42.5 Å². The van der Waals surface area contributed by atoms with Crippen molar-refractivity contribution in [1.82, 2.24) is 0 Å². The van der Waals surface area contributed by atoms with Crippen LogP contribution >= 0.6 is 0 Å². The summed E-state index contributed by atoms with van der Waals surface area (Å²) >= 11 is 0. The number of hydrogen-bond donors (Lipinski definition) is 0. The second kappa shape index (κ2) is 7.08. The molecule has 0 amide bonds. The Morgan fingerprint density at radius 3 is 2.82 bits per heavy atom. The van der Waals surface area contributed by atoms with E-state index in [0.717, 1.165) is 30.0 Å². The zero-order valence-corrected chi connectivity index (χ0v) is 11.9. The predicted molar refractivity (Wildman–Crippen MR) is 62.9 cm³/mol. The van der Waals surface area contributed by atoms with E-state index in [2.05, 4.69) is 25.2 Å². The molecule has 1 aromatic carbocycles. The van der Waals surface area contributed by atoms with Gasteiger partial charge in [0.1, 0.15) is 0 Å². The zero-order chi connectivity index (χ0) is 10.9. The van der Waals surface area contributed by atoms with Gasteiger partial charge in [0.25, 0.3) is 0 Å². The summed E-state index contributed by atoms with van der Waals surface area (Å²) in [5.41, 5.74) is 0.781. The van der Waals surface area contributed by atoms with Gasteiger partial charge in [-0.1, -0.05) is 11.3 Å². The van der Waals surface area contributed by atoms with Crippen molar-refractivity contribution in [2.45, 2.75) is 36.3 Å². The van der Waals surface area contributed by atoms with E-state index < -0.39 is 10.8 Å². The minimum absolute atomic E-state index is 0. The van der Waals surface area contributed by atoms with E-state index >= 15 is 0 Å². The van der Waals surface area contributed by atoms with Crippen LogP contribution in [0.4, 0.5) is 5.69 Å². The molecule has 0 N–H and O–H groups in total. The molecule has 17 heavy (non-hydrogen) atoms. The van der Waals surface area contributed by atoms with Crippen LogP contribution in [0.2, 0.25) is 0 Å². The number of para-hydroxylation sites is 1. The van der Waals surface area contributed by atoms with Crippen LogP contribution in [-0.4, -0.2) is 15.5 Å². The maximum absolute atomic E-state index is 12.3. The number of benzene rings is 1. The predicted octanol–water partition coefficient (Wildman–Crippen LogP) is -2.82. The minimum Gasteiger partial charge on any atom is -0.705 e. The molecule has 0 unspecified atom stereocenters. The quantitative estimate of drug-likeness (QED) is 0.352. The molecular formula is C12H15Li2NOS. The van der Waals surface area contributed by atoms with Gasteiger partial charge in [-0.3, -0.25) is 4.21 Å². The molecule has 0 bridgehead atoms. The standard InChI is InChI=1S/C12H15NOS.2Li/c1-12(2)8-5-9-13-10-6-3-4-7-11(10)15(12)14;;/h3-4,7H,5,8-9H2,1-2H3;;/q-2;2*+1/t15-;;/m1../s1. The van der Waals surface area contributed by atoms with Gasteiger partial charge in [-0.2, -0.15) is 24.3 Å². The Bertz CT molecular complexity index is 396. The summed E-state index contributed by atoms with van der Waals surface area (Å²) < 4.78 is 12.2. The molecule has 1 aliphatic heterocycles. The molecule has 0 fully saturated rings. The van der Waals surface area contributed by atoms with Gasteiger partial charge in [-0.05, 0) is 20.3 Å². The molecule has 0 aliphatic carbocycles. The van der Waals surface area contributed by atoms with Crippen molar-refractivity contribution in [3.8, 4) is 0 Å². The summed E-state index contributed by atoms with van der Waals surface area (Å²) in [5.74, 6) is 0. The second-order valence-corrected chi connectivity index (χ2v) is 6.48. The normalized spacial score (nSPS) is 21.6. The van der Waals surface area contributed by atoms with Gasteiger partial charge in [0.05, 0.1) is 0 Å². The van der Waals surface area contributed by atoms with Gasteiger partial charge in [0, 0.05) is 15.5 Å². The molecule has 0 saturated carbocycles. The summed E-state index contributed by atoms with van der Waals surface area (Å²) in [4.78, 5) is 0.835. The fourth-order valence-electron chi connectivity index (χ4n) is 1.77. The van der Waals surface area contributed by atoms with Gasteiger partial charge < -0.3 is 5.32 Å². The van der Waals surface area contributed by atoms with Crippen molar-refractivity contribution in [3.63, 3.8) is 0 Å². The van der Waals surface area contributed by atoms with Crippen LogP contribution in [0.5, 0.6) is 0 Å². The molecule has 5 heteroatoms. The third-order valence-electron chi connectivity index (χ3n) is 2.71. The third-order valence-corrected chi connectivity index (χ3v) is 4.64. The summed E-state index contributed by atoms with van der Waals surface area (Å²) in [6.45, 7) is 4.94. The number of rotatable bonds is 0. The summed E-state index contributed by atoms with van der Waals surface area (Å²) in [5, 5.41) is 4.41. The third kappa shape index (κ3) is 3.92. The number of nitrogens with zero attached hydrogens (tertiary/aromatic N) is 1. The van der Waals surface area contributed by atoms with E-state index in [9.17, 15) is 4.21 Å². The number of hydrogen-bond acceptors (Lipinski definition) is 1. The van der Waals surface area contributed by atoms with Gasteiger partial charge in [0.2, 0.25) is 0 Å². The van der Waals surface area contributed by atoms with Crippen LogP contribution in [0.1, 0.15) is 26.7 Å². The molecule has 1 heterocycles. The van der Waals surface area contributed by atoms with Crippen molar-refractivity contribution < 1.29 is 41.9 Å². The van der Waals surface area contributed by atoms with Crippen molar-refractivity contribution in [2.24, 2.45) is 0 Å². The SMILES string of the molecule is CC1(C)CCC[N-]c2[c-]cccc2[S@]1=O.[Li+].[Li+]. The van der Waals surface area contributed by atoms with Crippen molar-refractivity contribution in [1.29, 1.82) is 0 Å². The first-order valence-corrected chi connectivity index (χ1v) is 6.36. The smallest absolute Gasteiger partial charge is 0.705 e. The Hall–Kier alpha value is 0.365. The van der Waals surface area contributed by atoms with Gasteiger partial charge in [-0.15, -0.1) is 6.54 Å². The fourth-order valence-corrected chi connectivity index (χ4v) is 3.20. The van der Waals surface area contributed by atoms with E-state index in [1.807, 2.05) is 18.2 Å². The van der Waals surface area contributed by atoms with Gasteiger partial charge in [-0.25, -0.2) is 5.69 Å². The monoisotopic (exact) mass is 235 g/mol. The van der Waals surface area contributed by atoms with Crippen LogP contribution in [0, 0.1) is 6.07 Å². The topological polar surface area (TPSA) is 31.2 Å². The Morgan fingerprint density at radius 2 is 2.12 bits per heavy atom. The zero-order valence-electron chi connectivity index (χ0n) is 11.1. The van der Waals surface area contributed by atoms with Crippen LogP contribution in [0.15, 0.2) is 23.1 Å². The molecule has 2 rings (SSSR count). The maximum atomic E-state index is 12.3. The van der Waals surface area contributed by atoms with Crippen LogP contribution in [0.3, 0.4) is 0 Å². The average Bonchev–Trinajstić information content (AvgIpc) is 2.22. The fraction of sp³-hybridized carbons (Fsp3) is 0.500. The van der Waals surface area contributed by atoms with Crippen molar-refractivity contribution in [2.75, 3.05) is 6.54 Å². The average molecular weight is 235 g/mol. The molecular weight excluding hydrogens is 220 g/mol. The molecule has 0 spiro atoms. The molecule has 0 radical (unpaired) electrons. The Balaban J connectivity index is 0.00000128. The van der Waals surface area contributed by atoms with Gasteiger partial charge in [0.15, 0.2) is 0 Å². The molecule has 82 valence electrons. The number of fused-ring (bicyclic) bond motifs is 1. The van der Waals surface area contributed by atoms with Crippen molar-refractivity contribution >= 4 is 16.5 Å². The van der Waals surface area contributed by atoms with E-state index in [1.165, 1.54) is 0 Å². The summed E-state index contributed by atoms with van der Waals surface area (Å²) in [7, 11) is -0.979. The largest absolute Gasteiger partial charge is 1.00 e. The molecule has 0 aromatic heterocycles. The van der Waals surface area contributed by atoms with E-state index in [4.69, 9.17) is 0 Å². The second-order valence-electron chi connectivity index (χ2n) is 4.40. The summed E-state index contributed by atoms with van der Waals surface area (Å²) in [6, 6.07) is 8.67. The van der Waals surface area contributed by atoms with E-state index in [0.29, 0.717) is 0 Å². The molecule has 2 nitrogen and oxygen atoms in total. The first-order valence-electron chi connectivity index (χ1n) is 5.21. The van der Waals surface area contributed by atoms with Crippen LogP contribution in [-0.2, 0) is 10.8 Å². The first kappa shape index (κ1) is 17.4. The van der Waals surface area contributed by atoms with E-state index in [1.54, 1.807) is 0 Å². The minimum atomic E-state index is -0.979. The Morgan fingerprint density at radius 1 is 1.41 bits per heavy atom. The first-order chi connectivity index (χ1) is 7.11. The molecule has 0 saturated heterocycles. The molecule has 1 aromatic rings. The maximum Gasteiger partial charge on any atom is 1.00 e. The Kier molecular flexibility index (Phi) is 7.23. The summed E-state index contributed by atoms with van der Waals surface area (Å²) in [6.07, 6.45) is 1.96. The molecule has 1 atom stereocenters. The van der Waals surface area contributed by atoms with Gasteiger partial charge >= 0.3 is 37.7 Å². The van der Waals surface area contributed by atoms with Crippen LogP contribution < -0.4 is 37.7 Å².